The summed E-state index contributed by atoms with van der Waals surface area (Å²) in [6.07, 6.45) is 4.35. The van der Waals surface area contributed by atoms with E-state index in [4.69, 9.17) is 4.74 Å². The Kier molecular flexibility index (Phi) is 7.09. The summed E-state index contributed by atoms with van der Waals surface area (Å²) >= 11 is 6.74. The lowest BCUT2D eigenvalue weighted by molar-refractivity contribution is -0.151. The van der Waals surface area contributed by atoms with Crippen molar-refractivity contribution in [3.05, 3.63) is 27.1 Å². The van der Waals surface area contributed by atoms with Gasteiger partial charge in [0.15, 0.2) is 0 Å². The molecule has 0 heterocycles. The third-order valence-corrected chi connectivity index (χ3v) is 5.20. The van der Waals surface area contributed by atoms with Gasteiger partial charge in [-0.2, -0.15) is 0 Å². The van der Waals surface area contributed by atoms with Gasteiger partial charge < -0.3 is 10.1 Å². The standard InChI is InChI=1S/C17H21Br2NO3/c1-11-2-5-13(6-3-11)23-17(22)9-8-16(21)20-15-10-12(18)4-7-14(15)19/h4,7,10-11,13H,2-3,5-6,8-9H2,1H3,(H,20,21). The van der Waals surface area contributed by atoms with Crippen LogP contribution in [0.15, 0.2) is 27.1 Å². The molecular weight excluding hydrogens is 426 g/mol. The van der Waals surface area contributed by atoms with E-state index < -0.39 is 0 Å². The van der Waals surface area contributed by atoms with Gasteiger partial charge in [0.25, 0.3) is 0 Å². The number of halogens is 2. The Balaban J connectivity index is 1.73. The molecule has 0 saturated heterocycles. The minimum atomic E-state index is -0.284. The summed E-state index contributed by atoms with van der Waals surface area (Å²) < 4.78 is 7.12. The van der Waals surface area contributed by atoms with E-state index in [1.165, 1.54) is 0 Å². The van der Waals surface area contributed by atoms with E-state index in [9.17, 15) is 9.59 Å². The lowest BCUT2D eigenvalue weighted by atomic mass is 9.89. The van der Waals surface area contributed by atoms with Crippen LogP contribution in [0.5, 0.6) is 0 Å². The Hall–Kier alpha value is -0.880. The molecule has 4 nitrogen and oxygen atoms in total. The highest BCUT2D eigenvalue weighted by Gasteiger charge is 2.21. The molecule has 0 aromatic heterocycles. The monoisotopic (exact) mass is 445 g/mol. The Morgan fingerprint density at radius 3 is 2.57 bits per heavy atom. The van der Waals surface area contributed by atoms with Crippen molar-refractivity contribution in [2.45, 2.75) is 51.6 Å². The molecule has 1 N–H and O–H groups in total. The molecule has 1 aliphatic rings. The number of rotatable bonds is 5. The maximum absolute atomic E-state index is 12.0. The van der Waals surface area contributed by atoms with Gasteiger partial charge in [-0.25, -0.2) is 0 Å². The zero-order valence-corrected chi connectivity index (χ0v) is 16.3. The van der Waals surface area contributed by atoms with Crippen molar-refractivity contribution < 1.29 is 14.3 Å². The summed E-state index contributed by atoms with van der Waals surface area (Å²) in [7, 11) is 0. The molecule has 0 atom stereocenters. The van der Waals surface area contributed by atoms with Crippen molar-refractivity contribution >= 4 is 49.4 Å². The first-order valence-electron chi connectivity index (χ1n) is 7.88. The van der Waals surface area contributed by atoms with E-state index in [-0.39, 0.29) is 30.8 Å². The number of carbonyl (C=O) groups is 2. The van der Waals surface area contributed by atoms with Gasteiger partial charge in [-0.05, 0) is 65.7 Å². The zero-order valence-electron chi connectivity index (χ0n) is 13.1. The van der Waals surface area contributed by atoms with E-state index >= 15 is 0 Å². The number of hydrogen-bond donors (Lipinski definition) is 1. The fourth-order valence-corrected chi connectivity index (χ4v) is 3.32. The number of amides is 1. The van der Waals surface area contributed by atoms with Crippen LogP contribution in [0.2, 0.25) is 0 Å². The molecule has 1 aliphatic carbocycles. The van der Waals surface area contributed by atoms with Crippen molar-refractivity contribution in [2.75, 3.05) is 5.32 Å². The van der Waals surface area contributed by atoms with E-state index in [0.29, 0.717) is 5.69 Å². The minimum Gasteiger partial charge on any atom is -0.462 e. The van der Waals surface area contributed by atoms with Crippen molar-refractivity contribution in [3.8, 4) is 0 Å². The van der Waals surface area contributed by atoms with Crippen LogP contribution >= 0.6 is 31.9 Å². The van der Waals surface area contributed by atoms with Gasteiger partial charge in [0, 0.05) is 15.4 Å². The summed E-state index contributed by atoms with van der Waals surface area (Å²) in [6.45, 7) is 2.22. The Morgan fingerprint density at radius 2 is 1.87 bits per heavy atom. The van der Waals surface area contributed by atoms with E-state index in [1.54, 1.807) is 0 Å². The van der Waals surface area contributed by atoms with Gasteiger partial charge >= 0.3 is 5.97 Å². The summed E-state index contributed by atoms with van der Waals surface area (Å²) in [5.74, 6) is 0.241. The van der Waals surface area contributed by atoms with Gasteiger partial charge in [-0.1, -0.05) is 22.9 Å². The zero-order chi connectivity index (χ0) is 16.8. The highest BCUT2D eigenvalue weighted by atomic mass is 79.9. The molecule has 0 spiro atoms. The topological polar surface area (TPSA) is 55.4 Å². The van der Waals surface area contributed by atoms with Crippen molar-refractivity contribution in [2.24, 2.45) is 5.92 Å². The van der Waals surface area contributed by atoms with Crippen LogP contribution in [-0.2, 0) is 14.3 Å². The van der Waals surface area contributed by atoms with Crippen molar-refractivity contribution in [1.82, 2.24) is 0 Å². The highest BCUT2D eigenvalue weighted by Crippen LogP contribution is 2.27. The maximum atomic E-state index is 12.0. The van der Waals surface area contributed by atoms with Crippen LogP contribution in [0.4, 0.5) is 5.69 Å². The van der Waals surface area contributed by atoms with Crippen molar-refractivity contribution in [1.29, 1.82) is 0 Å². The van der Waals surface area contributed by atoms with Crippen LogP contribution in [0.3, 0.4) is 0 Å². The normalized spacial score (nSPS) is 20.8. The van der Waals surface area contributed by atoms with E-state index in [0.717, 1.165) is 40.5 Å². The van der Waals surface area contributed by atoms with Gasteiger partial charge in [-0.3, -0.25) is 9.59 Å². The number of hydrogen-bond acceptors (Lipinski definition) is 3. The minimum absolute atomic E-state index is 0.0287. The third kappa shape index (κ3) is 6.26. The molecule has 1 aromatic carbocycles. The quantitative estimate of drug-likeness (QED) is 0.643. The lowest BCUT2D eigenvalue weighted by Crippen LogP contribution is -2.24. The molecule has 0 unspecified atom stereocenters. The molecule has 1 fully saturated rings. The smallest absolute Gasteiger partial charge is 0.306 e. The summed E-state index contributed by atoms with van der Waals surface area (Å²) in [4.78, 5) is 23.8. The molecule has 1 amide bonds. The first kappa shape index (κ1) is 18.5. The average molecular weight is 447 g/mol. The fraction of sp³-hybridized carbons (Fsp3) is 0.529. The Labute approximate surface area is 153 Å². The molecule has 126 valence electrons. The molecular formula is C17H21Br2NO3. The first-order chi connectivity index (χ1) is 10.9. The predicted octanol–water partition coefficient (Wildman–Crippen LogP) is 5.05. The van der Waals surface area contributed by atoms with Crippen molar-refractivity contribution in [3.63, 3.8) is 0 Å². The van der Waals surface area contributed by atoms with Gasteiger partial charge in [0.1, 0.15) is 6.10 Å². The molecule has 1 aromatic rings. The van der Waals surface area contributed by atoms with Gasteiger partial charge in [0.05, 0.1) is 12.1 Å². The highest BCUT2D eigenvalue weighted by molar-refractivity contribution is 9.11. The van der Waals surface area contributed by atoms with Crippen LogP contribution < -0.4 is 5.32 Å². The SMILES string of the molecule is CC1CCC(OC(=O)CCC(=O)Nc2cc(Br)ccc2Br)CC1. The second-order valence-corrected chi connectivity index (χ2v) is 7.81. The molecule has 1 saturated carbocycles. The molecule has 2 rings (SSSR count). The van der Waals surface area contributed by atoms with E-state index in [1.807, 2.05) is 18.2 Å². The summed E-state index contributed by atoms with van der Waals surface area (Å²) in [5.41, 5.74) is 0.680. The molecule has 6 heteroatoms. The maximum Gasteiger partial charge on any atom is 0.306 e. The fourth-order valence-electron chi connectivity index (χ4n) is 2.61. The predicted molar refractivity (Wildman–Crippen MR) is 97.2 cm³/mol. The number of esters is 1. The number of benzene rings is 1. The lowest BCUT2D eigenvalue weighted by Gasteiger charge is -2.25. The van der Waals surface area contributed by atoms with E-state index in [2.05, 4.69) is 44.1 Å². The van der Waals surface area contributed by atoms with Crippen LogP contribution in [0.1, 0.15) is 45.4 Å². The number of nitrogens with one attached hydrogen (secondary N) is 1. The van der Waals surface area contributed by atoms with Gasteiger partial charge in [0.2, 0.25) is 5.91 Å². The second kappa shape index (κ2) is 8.83. The van der Waals surface area contributed by atoms with Crippen LogP contribution in [-0.4, -0.2) is 18.0 Å². The molecule has 0 bridgehead atoms. The number of ether oxygens (including phenoxy) is 1. The number of anilines is 1. The average Bonchev–Trinajstić information content (AvgIpc) is 2.51. The second-order valence-electron chi connectivity index (χ2n) is 6.04. The molecule has 0 aliphatic heterocycles. The number of carbonyl (C=O) groups excluding carboxylic acids is 2. The Morgan fingerprint density at radius 1 is 1.17 bits per heavy atom. The largest absolute Gasteiger partial charge is 0.462 e. The van der Waals surface area contributed by atoms with Gasteiger partial charge in [-0.15, -0.1) is 0 Å². The van der Waals surface area contributed by atoms with Crippen LogP contribution in [0.25, 0.3) is 0 Å². The first-order valence-corrected chi connectivity index (χ1v) is 9.47. The van der Waals surface area contributed by atoms with Crippen LogP contribution in [0, 0.1) is 5.92 Å². The Bertz CT molecular complexity index is 569. The summed E-state index contributed by atoms with van der Waals surface area (Å²) in [5, 5.41) is 2.79. The molecule has 23 heavy (non-hydrogen) atoms. The summed E-state index contributed by atoms with van der Waals surface area (Å²) in [6, 6.07) is 5.53. The third-order valence-electron chi connectivity index (χ3n) is 4.02. The molecule has 0 radical (unpaired) electrons.